The number of halogens is 1. The van der Waals surface area contributed by atoms with Crippen LogP contribution in [0.3, 0.4) is 0 Å². The molecule has 0 bridgehead atoms. The Kier molecular flexibility index (Phi) is 5.47. The third-order valence-corrected chi connectivity index (χ3v) is 6.10. The van der Waals surface area contributed by atoms with E-state index in [4.69, 9.17) is 10.5 Å². The van der Waals surface area contributed by atoms with Gasteiger partial charge in [-0.05, 0) is 30.5 Å². The lowest BCUT2D eigenvalue weighted by Gasteiger charge is -2.28. The fraction of sp³-hybridized carbons (Fsp3) is 0.167. The number of allylic oxidation sites excluding steroid dienone is 1. The number of benzene rings is 2. The van der Waals surface area contributed by atoms with Crippen LogP contribution in [0.15, 0.2) is 81.4 Å². The second-order valence-corrected chi connectivity index (χ2v) is 8.06. The molecule has 1 unspecified atom stereocenters. The van der Waals surface area contributed by atoms with Gasteiger partial charge in [0.25, 0.3) is 5.56 Å². The van der Waals surface area contributed by atoms with Crippen LogP contribution in [0.1, 0.15) is 28.3 Å². The molecule has 0 radical (unpaired) electrons. The highest BCUT2D eigenvalue weighted by molar-refractivity contribution is 9.10. The molecule has 2 aromatic carbocycles. The van der Waals surface area contributed by atoms with Crippen LogP contribution in [0.4, 0.5) is 0 Å². The molecule has 5 nitrogen and oxygen atoms in total. The van der Waals surface area contributed by atoms with E-state index in [1.807, 2.05) is 67.6 Å². The number of hydrogen-bond donors (Lipinski definition) is 1. The van der Waals surface area contributed by atoms with Crippen LogP contribution in [-0.2, 0) is 13.0 Å². The van der Waals surface area contributed by atoms with Crippen molar-refractivity contribution in [3.8, 4) is 11.8 Å². The van der Waals surface area contributed by atoms with E-state index < -0.39 is 5.92 Å². The average molecular weight is 462 g/mol. The number of aromatic nitrogens is 1. The summed E-state index contributed by atoms with van der Waals surface area (Å²) in [6, 6.07) is 21.6. The number of nitriles is 1. The first kappa shape index (κ1) is 20.0. The van der Waals surface area contributed by atoms with Crippen LogP contribution in [-0.4, -0.2) is 4.57 Å². The quantitative estimate of drug-likeness (QED) is 0.624. The first-order valence-corrected chi connectivity index (χ1v) is 10.4. The van der Waals surface area contributed by atoms with E-state index in [0.717, 1.165) is 27.7 Å². The predicted octanol–water partition coefficient (Wildman–Crippen LogP) is 4.38. The zero-order valence-corrected chi connectivity index (χ0v) is 18.0. The molecule has 6 heteroatoms. The van der Waals surface area contributed by atoms with Gasteiger partial charge in [-0.3, -0.25) is 4.79 Å². The summed E-state index contributed by atoms with van der Waals surface area (Å²) in [6.07, 6.45) is 0.726. The van der Waals surface area contributed by atoms with Gasteiger partial charge in [-0.15, -0.1) is 0 Å². The third-order valence-electron chi connectivity index (χ3n) is 5.37. The number of aryl methyl sites for hydroxylation is 2. The molecular formula is C24H20BrN3O2. The molecule has 0 saturated carbocycles. The van der Waals surface area contributed by atoms with Gasteiger partial charge in [0.05, 0.1) is 11.5 Å². The smallest absolute Gasteiger partial charge is 0.258 e. The van der Waals surface area contributed by atoms with Crippen LogP contribution in [0.5, 0.6) is 5.75 Å². The van der Waals surface area contributed by atoms with Crippen molar-refractivity contribution in [1.29, 1.82) is 5.26 Å². The van der Waals surface area contributed by atoms with Crippen molar-refractivity contribution >= 4 is 15.9 Å². The van der Waals surface area contributed by atoms with E-state index >= 15 is 0 Å². The standard InChI is InChI=1S/C24H20BrN3O2/c1-15-13-20-22(24(29)28(15)12-11-16-7-3-2-4-8-16)21(18(14-26)23(27)30-20)17-9-5-6-10-19(17)25/h2-10,13,21H,11-12,27H2,1H3. The molecule has 1 atom stereocenters. The lowest BCUT2D eigenvalue weighted by Crippen LogP contribution is -2.33. The van der Waals surface area contributed by atoms with E-state index in [1.165, 1.54) is 0 Å². The van der Waals surface area contributed by atoms with E-state index in [1.54, 1.807) is 4.57 Å². The summed E-state index contributed by atoms with van der Waals surface area (Å²) in [5.74, 6) is -0.150. The molecule has 30 heavy (non-hydrogen) atoms. The summed E-state index contributed by atoms with van der Waals surface area (Å²) in [4.78, 5) is 13.6. The molecule has 1 aliphatic heterocycles. The number of ether oxygens (including phenoxy) is 1. The maximum Gasteiger partial charge on any atom is 0.258 e. The second kappa shape index (κ2) is 8.21. The number of nitrogens with two attached hydrogens (primary N) is 1. The van der Waals surface area contributed by atoms with Crippen molar-refractivity contribution in [2.75, 3.05) is 0 Å². The first-order valence-electron chi connectivity index (χ1n) is 9.61. The van der Waals surface area contributed by atoms with Crippen LogP contribution >= 0.6 is 15.9 Å². The third kappa shape index (κ3) is 3.53. The van der Waals surface area contributed by atoms with Crippen molar-refractivity contribution in [2.24, 2.45) is 5.73 Å². The Morgan fingerprint density at radius 1 is 1.17 bits per heavy atom. The molecule has 0 fully saturated rings. The number of nitrogens with zero attached hydrogens (tertiary/aromatic N) is 2. The van der Waals surface area contributed by atoms with Gasteiger partial charge in [-0.2, -0.15) is 5.26 Å². The predicted molar refractivity (Wildman–Crippen MR) is 119 cm³/mol. The van der Waals surface area contributed by atoms with E-state index in [9.17, 15) is 10.1 Å². The maximum absolute atomic E-state index is 13.6. The summed E-state index contributed by atoms with van der Waals surface area (Å²) in [6.45, 7) is 2.41. The largest absolute Gasteiger partial charge is 0.440 e. The first-order chi connectivity index (χ1) is 14.5. The number of pyridine rings is 1. The molecule has 0 saturated heterocycles. The van der Waals surface area contributed by atoms with Gasteiger partial charge < -0.3 is 15.0 Å². The normalized spacial score (nSPS) is 15.3. The van der Waals surface area contributed by atoms with Crippen molar-refractivity contribution in [2.45, 2.75) is 25.8 Å². The Morgan fingerprint density at radius 2 is 1.87 bits per heavy atom. The Hall–Kier alpha value is -3.30. The number of rotatable bonds is 4. The fourth-order valence-electron chi connectivity index (χ4n) is 3.87. The van der Waals surface area contributed by atoms with Gasteiger partial charge >= 0.3 is 0 Å². The summed E-state index contributed by atoms with van der Waals surface area (Å²) >= 11 is 3.56. The van der Waals surface area contributed by atoms with Gasteiger partial charge in [0.2, 0.25) is 5.88 Å². The van der Waals surface area contributed by atoms with Gasteiger partial charge in [-0.25, -0.2) is 0 Å². The highest BCUT2D eigenvalue weighted by atomic mass is 79.9. The van der Waals surface area contributed by atoms with Crippen molar-refractivity contribution < 1.29 is 4.74 Å². The molecule has 2 N–H and O–H groups in total. The fourth-order valence-corrected chi connectivity index (χ4v) is 4.38. The van der Waals surface area contributed by atoms with Crippen LogP contribution in [0, 0.1) is 18.3 Å². The SMILES string of the molecule is Cc1cc2c(c(=O)n1CCc1ccccc1)C(c1ccccc1Br)C(C#N)=C(N)O2. The molecule has 0 amide bonds. The lowest BCUT2D eigenvalue weighted by molar-refractivity contribution is 0.388. The highest BCUT2D eigenvalue weighted by Crippen LogP contribution is 2.42. The molecule has 0 spiro atoms. The van der Waals surface area contributed by atoms with E-state index in [0.29, 0.717) is 17.9 Å². The summed E-state index contributed by atoms with van der Waals surface area (Å²) in [5.41, 5.74) is 9.32. The Morgan fingerprint density at radius 3 is 2.57 bits per heavy atom. The number of fused-ring (bicyclic) bond motifs is 1. The van der Waals surface area contributed by atoms with Crippen molar-refractivity contribution in [3.05, 3.63) is 109 Å². The Balaban J connectivity index is 1.86. The highest BCUT2D eigenvalue weighted by Gasteiger charge is 2.35. The van der Waals surface area contributed by atoms with Crippen molar-refractivity contribution in [1.82, 2.24) is 4.57 Å². The summed E-state index contributed by atoms with van der Waals surface area (Å²) in [7, 11) is 0. The lowest BCUT2D eigenvalue weighted by atomic mass is 9.84. The van der Waals surface area contributed by atoms with Gasteiger partial charge in [-0.1, -0.05) is 64.5 Å². The molecule has 4 rings (SSSR count). The second-order valence-electron chi connectivity index (χ2n) is 7.20. The Labute approximate surface area is 183 Å². The topological polar surface area (TPSA) is 81.0 Å². The molecular weight excluding hydrogens is 442 g/mol. The molecule has 2 heterocycles. The molecule has 1 aromatic heterocycles. The van der Waals surface area contributed by atoms with Crippen molar-refractivity contribution in [3.63, 3.8) is 0 Å². The average Bonchev–Trinajstić information content (AvgIpc) is 2.74. The van der Waals surface area contributed by atoms with Crippen LogP contribution < -0.4 is 16.0 Å². The Bertz CT molecular complexity index is 1240. The van der Waals surface area contributed by atoms with Gasteiger partial charge in [0.15, 0.2) is 0 Å². The van der Waals surface area contributed by atoms with E-state index in [2.05, 4.69) is 22.0 Å². The van der Waals surface area contributed by atoms with E-state index in [-0.39, 0.29) is 17.0 Å². The van der Waals surface area contributed by atoms with Crippen LogP contribution in [0.25, 0.3) is 0 Å². The monoisotopic (exact) mass is 461 g/mol. The minimum absolute atomic E-state index is 0.0339. The zero-order valence-electron chi connectivity index (χ0n) is 16.4. The molecule has 150 valence electrons. The maximum atomic E-state index is 13.6. The van der Waals surface area contributed by atoms with Crippen LogP contribution in [0.2, 0.25) is 0 Å². The minimum atomic E-state index is -0.592. The molecule has 1 aliphatic rings. The molecule has 0 aliphatic carbocycles. The number of hydrogen-bond acceptors (Lipinski definition) is 4. The van der Waals surface area contributed by atoms with Gasteiger partial charge in [0.1, 0.15) is 17.4 Å². The summed E-state index contributed by atoms with van der Waals surface area (Å²) in [5, 5.41) is 9.78. The minimum Gasteiger partial charge on any atom is -0.440 e. The molecule has 3 aromatic rings. The van der Waals surface area contributed by atoms with Gasteiger partial charge in [0, 0.05) is 22.8 Å². The zero-order chi connectivity index (χ0) is 21.3. The summed E-state index contributed by atoms with van der Waals surface area (Å²) < 4.78 is 8.26.